The number of aliphatic hydroxyl groups excluding tert-OH is 1. The Labute approximate surface area is 82.5 Å². The third kappa shape index (κ3) is 2.95. The van der Waals surface area contributed by atoms with Crippen molar-refractivity contribution in [1.29, 1.82) is 0 Å². The highest BCUT2D eigenvalue weighted by molar-refractivity contribution is 6.31. The van der Waals surface area contributed by atoms with Crippen molar-refractivity contribution in [3.63, 3.8) is 0 Å². The molecular weight excluding hydrogens is 188 g/mol. The molecule has 4 heteroatoms. The van der Waals surface area contributed by atoms with Crippen LogP contribution < -0.4 is 5.73 Å². The summed E-state index contributed by atoms with van der Waals surface area (Å²) in [5.74, 6) is 0. The number of nitrogens with zero attached hydrogens (tertiary/aromatic N) is 1. The van der Waals surface area contributed by atoms with E-state index >= 15 is 0 Å². The standard InChI is InChI=1S/C9H13ClN2O/c10-8-6-12-4-3-7(8)9(11)2-1-5-13/h3-4,6,9,13H,1-2,5,11H2/t9-/m0/s1. The molecule has 1 aromatic heterocycles. The lowest BCUT2D eigenvalue weighted by molar-refractivity contribution is 0.280. The first kappa shape index (κ1) is 10.4. The summed E-state index contributed by atoms with van der Waals surface area (Å²) in [7, 11) is 0. The van der Waals surface area contributed by atoms with E-state index in [1.165, 1.54) is 0 Å². The van der Waals surface area contributed by atoms with Crippen molar-refractivity contribution in [2.24, 2.45) is 5.73 Å². The zero-order valence-corrected chi connectivity index (χ0v) is 8.04. The molecule has 0 fully saturated rings. The molecule has 0 unspecified atom stereocenters. The van der Waals surface area contributed by atoms with Gasteiger partial charge >= 0.3 is 0 Å². The zero-order valence-electron chi connectivity index (χ0n) is 7.28. The predicted octanol–water partition coefficient (Wildman–Crippen LogP) is 1.51. The van der Waals surface area contributed by atoms with Crippen molar-refractivity contribution in [3.8, 4) is 0 Å². The second-order valence-corrected chi connectivity index (χ2v) is 3.28. The van der Waals surface area contributed by atoms with Gasteiger partial charge in [-0.3, -0.25) is 4.98 Å². The normalized spacial score (nSPS) is 12.8. The molecule has 0 amide bonds. The molecule has 13 heavy (non-hydrogen) atoms. The fourth-order valence-corrected chi connectivity index (χ4v) is 1.41. The van der Waals surface area contributed by atoms with Crippen LogP contribution in [0.5, 0.6) is 0 Å². The summed E-state index contributed by atoms with van der Waals surface area (Å²) in [5, 5.41) is 9.22. The van der Waals surface area contributed by atoms with E-state index in [0.29, 0.717) is 11.4 Å². The van der Waals surface area contributed by atoms with Gasteiger partial charge in [-0.2, -0.15) is 0 Å². The van der Waals surface area contributed by atoms with Gasteiger partial charge in [0.1, 0.15) is 0 Å². The average molecular weight is 201 g/mol. The minimum atomic E-state index is -0.109. The number of aliphatic hydroxyl groups is 1. The summed E-state index contributed by atoms with van der Waals surface area (Å²) >= 11 is 5.89. The largest absolute Gasteiger partial charge is 0.396 e. The molecule has 0 saturated heterocycles. The Morgan fingerprint density at radius 3 is 3.00 bits per heavy atom. The van der Waals surface area contributed by atoms with Crippen LogP contribution in [0.25, 0.3) is 0 Å². The van der Waals surface area contributed by atoms with Gasteiger partial charge in [-0.1, -0.05) is 11.6 Å². The van der Waals surface area contributed by atoms with Crippen molar-refractivity contribution in [2.75, 3.05) is 6.61 Å². The maximum Gasteiger partial charge on any atom is 0.0637 e. The molecule has 1 atom stereocenters. The Hall–Kier alpha value is -0.640. The molecule has 0 aliphatic carbocycles. The van der Waals surface area contributed by atoms with Gasteiger partial charge in [0.15, 0.2) is 0 Å². The SMILES string of the molecule is N[C@@H](CCCO)c1ccncc1Cl. The van der Waals surface area contributed by atoms with Crippen LogP contribution in [0.3, 0.4) is 0 Å². The van der Waals surface area contributed by atoms with E-state index < -0.39 is 0 Å². The Bertz CT molecular complexity index is 268. The monoisotopic (exact) mass is 200 g/mol. The number of hydrogen-bond donors (Lipinski definition) is 2. The maximum absolute atomic E-state index is 8.63. The van der Waals surface area contributed by atoms with E-state index in [2.05, 4.69) is 4.98 Å². The topological polar surface area (TPSA) is 59.1 Å². The lowest BCUT2D eigenvalue weighted by Crippen LogP contribution is -2.11. The summed E-state index contributed by atoms with van der Waals surface area (Å²) in [4.78, 5) is 3.87. The maximum atomic E-state index is 8.63. The highest BCUT2D eigenvalue weighted by Crippen LogP contribution is 2.22. The van der Waals surface area contributed by atoms with Crippen LogP contribution in [0.15, 0.2) is 18.5 Å². The molecular formula is C9H13ClN2O. The minimum Gasteiger partial charge on any atom is -0.396 e. The van der Waals surface area contributed by atoms with Crippen molar-refractivity contribution in [2.45, 2.75) is 18.9 Å². The quantitative estimate of drug-likeness (QED) is 0.775. The molecule has 0 saturated carbocycles. The molecule has 1 rings (SSSR count). The van der Waals surface area contributed by atoms with E-state index in [1.54, 1.807) is 12.4 Å². The van der Waals surface area contributed by atoms with E-state index in [4.69, 9.17) is 22.4 Å². The van der Waals surface area contributed by atoms with E-state index in [9.17, 15) is 0 Å². The number of aromatic nitrogens is 1. The molecule has 72 valence electrons. The van der Waals surface area contributed by atoms with Gasteiger partial charge in [0.05, 0.1) is 5.02 Å². The second-order valence-electron chi connectivity index (χ2n) is 2.87. The van der Waals surface area contributed by atoms with Crippen LogP contribution in [-0.2, 0) is 0 Å². The number of halogens is 1. The fourth-order valence-electron chi connectivity index (χ4n) is 1.15. The van der Waals surface area contributed by atoms with Gasteiger partial charge in [0.25, 0.3) is 0 Å². The van der Waals surface area contributed by atoms with Crippen LogP contribution in [0.4, 0.5) is 0 Å². The summed E-state index contributed by atoms with van der Waals surface area (Å²) in [5.41, 5.74) is 6.75. The third-order valence-electron chi connectivity index (χ3n) is 1.88. The first-order chi connectivity index (χ1) is 6.25. The van der Waals surface area contributed by atoms with Crippen LogP contribution in [-0.4, -0.2) is 16.7 Å². The summed E-state index contributed by atoms with van der Waals surface area (Å²) in [6, 6.07) is 1.70. The Balaban J connectivity index is 2.65. The lowest BCUT2D eigenvalue weighted by Gasteiger charge is -2.11. The number of rotatable bonds is 4. The van der Waals surface area contributed by atoms with Crippen molar-refractivity contribution in [3.05, 3.63) is 29.0 Å². The fraction of sp³-hybridized carbons (Fsp3) is 0.444. The molecule has 1 heterocycles. The van der Waals surface area contributed by atoms with Gasteiger partial charge in [-0.25, -0.2) is 0 Å². The molecule has 0 radical (unpaired) electrons. The highest BCUT2D eigenvalue weighted by atomic mass is 35.5. The van der Waals surface area contributed by atoms with Gasteiger partial charge in [0.2, 0.25) is 0 Å². The Morgan fingerprint density at radius 1 is 1.62 bits per heavy atom. The van der Waals surface area contributed by atoms with E-state index in [1.807, 2.05) is 6.07 Å². The average Bonchev–Trinajstić information content (AvgIpc) is 2.15. The van der Waals surface area contributed by atoms with Crippen LogP contribution in [0.1, 0.15) is 24.4 Å². The van der Waals surface area contributed by atoms with Crippen LogP contribution >= 0.6 is 11.6 Å². The van der Waals surface area contributed by atoms with Crippen molar-refractivity contribution < 1.29 is 5.11 Å². The van der Waals surface area contributed by atoms with Gasteiger partial charge in [-0.05, 0) is 24.5 Å². The van der Waals surface area contributed by atoms with E-state index in [-0.39, 0.29) is 12.6 Å². The van der Waals surface area contributed by atoms with Gasteiger partial charge < -0.3 is 10.8 Å². The highest BCUT2D eigenvalue weighted by Gasteiger charge is 2.08. The van der Waals surface area contributed by atoms with Gasteiger partial charge in [-0.15, -0.1) is 0 Å². The first-order valence-electron chi connectivity index (χ1n) is 4.21. The summed E-state index contributed by atoms with van der Waals surface area (Å²) in [6.45, 7) is 0.163. The summed E-state index contributed by atoms with van der Waals surface area (Å²) < 4.78 is 0. The smallest absolute Gasteiger partial charge is 0.0637 e. The molecule has 3 N–H and O–H groups in total. The minimum absolute atomic E-state index is 0.109. The molecule has 1 aromatic rings. The molecule has 0 aromatic carbocycles. The lowest BCUT2D eigenvalue weighted by atomic mass is 10.0. The summed E-state index contributed by atoms with van der Waals surface area (Å²) in [6.07, 6.45) is 4.68. The second kappa shape index (κ2) is 5.17. The van der Waals surface area contributed by atoms with Crippen molar-refractivity contribution >= 4 is 11.6 Å². The molecule has 3 nitrogen and oxygen atoms in total. The van der Waals surface area contributed by atoms with Crippen molar-refractivity contribution in [1.82, 2.24) is 4.98 Å². The molecule has 0 aliphatic rings. The first-order valence-corrected chi connectivity index (χ1v) is 4.59. The third-order valence-corrected chi connectivity index (χ3v) is 2.19. The number of nitrogens with two attached hydrogens (primary N) is 1. The van der Waals surface area contributed by atoms with Gasteiger partial charge in [0, 0.05) is 25.0 Å². The van der Waals surface area contributed by atoms with E-state index in [0.717, 1.165) is 12.0 Å². The number of hydrogen-bond acceptors (Lipinski definition) is 3. The molecule has 0 aliphatic heterocycles. The van der Waals surface area contributed by atoms with Crippen LogP contribution in [0, 0.1) is 0 Å². The Morgan fingerprint density at radius 2 is 2.38 bits per heavy atom. The molecule has 0 bridgehead atoms. The zero-order chi connectivity index (χ0) is 9.68. The Kier molecular flexibility index (Phi) is 4.15. The molecule has 0 spiro atoms. The number of pyridine rings is 1. The predicted molar refractivity (Wildman–Crippen MR) is 52.5 cm³/mol. The van der Waals surface area contributed by atoms with Crippen LogP contribution in [0.2, 0.25) is 5.02 Å².